The van der Waals surface area contributed by atoms with E-state index in [1.807, 2.05) is 30.3 Å². The van der Waals surface area contributed by atoms with Crippen molar-refractivity contribution in [2.24, 2.45) is 23.7 Å². The highest BCUT2D eigenvalue weighted by Gasteiger charge is 2.48. The van der Waals surface area contributed by atoms with Crippen LogP contribution in [0.1, 0.15) is 32.1 Å². The molecule has 4 aliphatic carbocycles. The maximum Gasteiger partial charge on any atom is 0.230 e. The first-order valence-corrected chi connectivity index (χ1v) is 11.9. The fourth-order valence-corrected chi connectivity index (χ4v) is 7.74. The van der Waals surface area contributed by atoms with Crippen LogP contribution in [0.2, 0.25) is 0 Å². The standard InChI is InChI=1S/C20H23N3OS3/c24-17(21-18-14-7-12-6-13(9-14)10-15(18)8-12)11-26-19-22-23(20(25)27-19)16-4-2-1-3-5-16/h1-5,12-15,18H,6-11H2,(H,21,24). The molecule has 0 radical (unpaired) electrons. The zero-order chi connectivity index (χ0) is 18.4. The molecule has 0 unspecified atom stereocenters. The molecule has 6 rings (SSSR count). The Morgan fingerprint density at radius 3 is 2.48 bits per heavy atom. The van der Waals surface area contributed by atoms with E-state index in [9.17, 15) is 4.79 Å². The highest BCUT2D eigenvalue weighted by atomic mass is 32.2. The van der Waals surface area contributed by atoms with E-state index < -0.39 is 0 Å². The average molecular weight is 418 g/mol. The number of carbonyl (C=O) groups excluding carboxylic acids is 1. The van der Waals surface area contributed by atoms with Crippen molar-refractivity contribution in [1.29, 1.82) is 0 Å². The molecule has 1 amide bonds. The van der Waals surface area contributed by atoms with Crippen molar-refractivity contribution in [3.8, 4) is 5.69 Å². The molecule has 4 fully saturated rings. The van der Waals surface area contributed by atoms with Gasteiger partial charge in [0.05, 0.1) is 11.4 Å². The zero-order valence-corrected chi connectivity index (χ0v) is 17.5. The summed E-state index contributed by atoms with van der Waals surface area (Å²) >= 11 is 8.40. The lowest BCUT2D eigenvalue weighted by molar-refractivity contribution is -0.122. The zero-order valence-electron chi connectivity index (χ0n) is 15.0. The Hall–Kier alpha value is -1.18. The molecule has 0 saturated heterocycles. The maximum absolute atomic E-state index is 12.6. The summed E-state index contributed by atoms with van der Waals surface area (Å²) in [7, 11) is 0. The van der Waals surface area contributed by atoms with E-state index in [1.54, 1.807) is 4.68 Å². The molecule has 1 heterocycles. The molecule has 1 aromatic carbocycles. The van der Waals surface area contributed by atoms with Crippen LogP contribution in [0.15, 0.2) is 34.7 Å². The largest absolute Gasteiger partial charge is 0.352 e. The molecule has 4 aliphatic rings. The minimum absolute atomic E-state index is 0.143. The monoisotopic (exact) mass is 417 g/mol. The lowest BCUT2D eigenvalue weighted by Gasteiger charge is -2.54. The van der Waals surface area contributed by atoms with Crippen LogP contribution in [0.25, 0.3) is 5.69 Å². The molecular weight excluding hydrogens is 394 g/mol. The Morgan fingerprint density at radius 2 is 1.81 bits per heavy atom. The fourth-order valence-electron chi connectivity index (χ4n) is 5.57. The molecule has 1 aromatic heterocycles. The Labute approximate surface area is 172 Å². The third-order valence-electron chi connectivity index (χ3n) is 6.41. The Bertz CT molecular complexity index is 863. The SMILES string of the molecule is O=C(CSc1nn(-c2ccccc2)c(=S)s1)NC1C2CC3CC(C2)CC1C3. The predicted octanol–water partition coefficient (Wildman–Crippen LogP) is 4.70. The number of nitrogens with zero attached hydrogens (tertiary/aromatic N) is 2. The third kappa shape index (κ3) is 3.61. The number of rotatable bonds is 5. The van der Waals surface area contributed by atoms with Gasteiger partial charge in [-0.3, -0.25) is 4.79 Å². The van der Waals surface area contributed by atoms with Gasteiger partial charge in [-0.25, -0.2) is 4.68 Å². The minimum atomic E-state index is 0.143. The number of nitrogens with one attached hydrogen (secondary N) is 1. The van der Waals surface area contributed by atoms with Crippen LogP contribution in [0.4, 0.5) is 0 Å². The Kier molecular flexibility index (Phi) is 4.86. The number of carbonyl (C=O) groups is 1. The van der Waals surface area contributed by atoms with Crippen molar-refractivity contribution in [2.75, 3.05) is 5.75 Å². The lowest BCUT2D eigenvalue weighted by Crippen LogP contribution is -2.56. The number of benzene rings is 1. The summed E-state index contributed by atoms with van der Waals surface area (Å²) in [6.07, 6.45) is 6.75. The van der Waals surface area contributed by atoms with E-state index in [0.29, 0.717) is 15.7 Å². The van der Waals surface area contributed by atoms with Crippen molar-refractivity contribution in [2.45, 2.75) is 42.5 Å². The highest BCUT2D eigenvalue weighted by molar-refractivity contribution is 8.01. The van der Waals surface area contributed by atoms with Crippen molar-refractivity contribution < 1.29 is 4.79 Å². The van der Waals surface area contributed by atoms with Gasteiger partial charge in [-0.15, -0.1) is 5.10 Å². The smallest absolute Gasteiger partial charge is 0.230 e. The summed E-state index contributed by atoms with van der Waals surface area (Å²) in [6.45, 7) is 0. The second-order valence-corrected chi connectivity index (χ2v) is 11.0. The number of hydrogen-bond acceptors (Lipinski definition) is 5. The second kappa shape index (κ2) is 7.33. The number of hydrogen-bond donors (Lipinski definition) is 1. The van der Waals surface area contributed by atoms with E-state index in [-0.39, 0.29) is 5.91 Å². The summed E-state index contributed by atoms with van der Waals surface area (Å²) in [5.74, 6) is 3.86. The van der Waals surface area contributed by atoms with E-state index in [4.69, 9.17) is 12.2 Å². The number of para-hydroxylation sites is 1. The van der Waals surface area contributed by atoms with E-state index in [0.717, 1.165) is 33.7 Å². The minimum Gasteiger partial charge on any atom is -0.352 e. The van der Waals surface area contributed by atoms with Crippen LogP contribution in [0, 0.1) is 27.6 Å². The second-order valence-electron chi connectivity index (χ2n) is 8.19. The topological polar surface area (TPSA) is 46.9 Å². The molecule has 142 valence electrons. The highest BCUT2D eigenvalue weighted by Crippen LogP contribution is 2.53. The predicted molar refractivity (Wildman–Crippen MR) is 112 cm³/mol. The molecule has 0 atom stereocenters. The molecule has 4 bridgehead atoms. The van der Waals surface area contributed by atoms with Crippen molar-refractivity contribution in [3.05, 3.63) is 34.3 Å². The van der Waals surface area contributed by atoms with Crippen LogP contribution in [0.5, 0.6) is 0 Å². The van der Waals surface area contributed by atoms with Gasteiger partial charge in [0.25, 0.3) is 0 Å². The molecule has 7 heteroatoms. The molecule has 1 N–H and O–H groups in total. The van der Waals surface area contributed by atoms with Gasteiger partial charge in [-0.2, -0.15) is 0 Å². The number of amides is 1. The van der Waals surface area contributed by atoms with E-state index >= 15 is 0 Å². The van der Waals surface area contributed by atoms with Gasteiger partial charge < -0.3 is 5.32 Å². The first-order chi connectivity index (χ1) is 13.2. The molecule has 4 saturated carbocycles. The number of thioether (sulfide) groups is 1. The Balaban J connectivity index is 1.20. The molecule has 4 nitrogen and oxygen atoms in total. The molecule has 0 aliphatic heterocycles. The fraction of sp³-hybridized carbons (Fsp3) is 0.550. The van der Waals surface area contributed by atoms with E-state index in [2.05, 4.69) is 10.4 Å². The third-order valence-corrected chi connectivity index (χ3v) is 8.78. The van der Waals surface area contributed by atoms with Gasteiger partial charge in [0.1, 0.15) is 0 Å². The summed E-state index contributed by atoms with van der Waals surface area (Å²) in [5, 5.41) is 7.96. The van der Waals surface area contributed by atoms with Crippen molar-refractivity contribution in [1.82, 2.24) is 15.1 Å². The Morgan fingerprint density at radius 1 is 1.15 bits per heavy atom. The first-order valence-electron chi connectivity index (χ1n) is 9.73. The van der Waals surface area contributed by atoms with Gasteiger partial charge in [-0.05, 0) is 80.1 Å². The van der Waals surface area contributed by atoms with Crippen LogP contribution in [-0.4, -0.2) is 27.5 Å². The molecule has 2 aromatic rings. The average Bonchev–Trinajstić information content (AvgIpc) is 3.04. The normalized spacial score (nSPS) is 31.2. The summed E-state index contributed by atoms with van der Waals surface area (Å²) in [6, 6.07) is 10.3. The van der Waals surface area contributed by atoms with Crippen LogP contribution >= 0.6 is 35.3 Å². The van der Waals surface area contributed by atoms with Crippen molar-refractivity contribution in [3.63, 3.8) is 0 Å². The summed E-state index contributed by atoms with van der Waals surface area (Å²) in [4.78, 5) is 12.6. The molecule has 0 spiro atoms. The van der Waals surface area contributed by atoms with Crippen molar-refractivity contribution >= 4 is 41.2 Å². The van der Waals surface area contributed by atoms with Gasteiger partial charge in [0.2, 0.25) is 5.91 Å². The van der Waals surface area contributed by atoms with Crippen LogP contribution in [-0.2, 0) is 4.79 Å². The van der Waals surface area contributed by atoms with Gasteiger partial charge >= 0.3 is 0 Å². The maximum atomic E-state index is 12.6. The van der Waals surface area contributed by atoms with Gasteiger partial charge in [0, 0.05) is 6.04 Å². The van der Waals surface area contributed by atoms with Gasteiger partial charge in [0.15, 0.2) is 8.29 Å². The summed E-state index contributed by atoms with van der Waals surface area (Å²) in [5.41, 5.74) is 0.962. The summed E-state index contributed by atoms with van der Waals surface area (Å²) < 4.78 is 3.34. The van der Waals surface area contributed by atoms with E-state index in [1.165, 1.54) is 55.2 Å². The lowest BCUT2D eigenvalue weighted by atomic mass is 9.54. The first kappa shape index (κ1) is 17.9. The van der Waals surface area contributed by atoms with Crippen LogP contribution < -0.4 is 5.32 Å². The molecular formula is C20H23N3OS3. The number of aromatic nitrogens is 2. The van der Waals surface area contributed by atoms with Crippen LogP contribution in [0.3, 0.4) is 0 Å². The molecule has 27 heavy (non-hydrogen) atoms. The quantitative estimate of drug-likeness (QED) is 0.566. The van der Waals surface area contributed by atoms with Gasteiger partial charge in [-0.1, -0.05) is 41.3 Å².